The van der Waals surface area contributed by atoms with Gasteiger partial charge in [0.2, 0.25) is 5.91 Å². The Balaban J connectivity index is 1.76. The molecule has 1 saturated heterocycles. The number of amides is 1. The molecular formula is C17H25NOS. The maximum atomic E-state index is 12.1. The van der Waals surface area contributed by atoms with Crippen molar-refractivity contribution in [2.24, 2.45) is 5.92 Å². The van der Waals surface area contributed by atoms with Crippen molar-refractivity contribution in [2.45, 2.75) is 39.4 Å². The molecule has 1 fully saturated rings. The Labute approximate surface area is 126 Å². The van der Waals surface area contributed by atoms with Crippen LogP contribution in [-0.4, -0.2) is 29.6 Å². The van der Waals surface area contributed by atoms with Crippen LogP contribution in [0.3, 0.4) is 0 Å². The maximum absolute atomic E-state index is 12.1. The lowest BCUT2D eigenvalue weighted by Crippen LogP contribution is -2.38. The molecule has 1 heterocycles. The number of thioether (sulfide) groups is 1. The quantitative estimate of drug-likeness (QED) is 0.841. The van der Waals surface area contributed by atoms with E-state index in [9.17, 15) is 4.79 Å². The van der Waals surface area contributed by atoms with E-state index in [4.69, 9.17) is 0 Å². The summed E-state index contributed by atoms with van der Waals surface area (Å²) < 4.78 is 0. The zero-order valence-corrected chi connectivity index (χ0v) is 13.6. The van der Waals surface area contributed by atoms with Gasteiger partial charge in [-0.25, -0.2) is 0 Å². The minimum Gasteiger partial charge on any atom is -0.342 e. The van der Waals surface area contributed by atoms with Gasteiger partial charge >= 0.3 is 0 Å². The van der Waals surface area contributed by atoms with Gasteiger partial charge in [-0.15, -0.1) is 11.8 Å². The van der Waals surface area contributed by atoms with E-state index in [0.29, 0.717) is 11.7 Å². The van der Waals surface area contributed by atoms with Gasteiger partial charge in [-0.2, -0.15) is 0 Å². The molecule has 1 aliphatic rings. The first-order chi connectivity index (χ1) is 9.54. The lowest BCUT2D eigenvalue weighted by Gasteiger charge is -2.30. The second-order valence-corrected chi connectivity index (χ2v) is 7.04. The Morgan fingerprint density at radius 1 is 1.20 bits per heavy atom. The maximum Gasteiger partial charge on any atom is 0.232 e. The summed E-state index contributed by atoms with van der Waals surface area (Å²) in [6.45, 7) is 8.42. The lowest BCUT2D eigenvalue weighted by molar-refractivity contribution is -0.129. The number of hydrogen-bond donors (Lipinski definition) is 0. The molecule has 1 aromatic carbocycles. The fourth-order valence-electron chi connectivity index (χ4n) is 2.76. The summed E-state index contributed by atoms with van der Waals surface area (Å²) in [5, 5.41) is 0. The van der Waals surface area contributed by atoms with Crippen LogP contribution < -0.4 is 0 Å². The van der Waals surface area contributed by atoms with Gasteiger partial charge in [0.05, 0.1) is 5.75 Å². The summed E-state index contributed by atoms with van der Waals surface area (Å²) >= 11 is 1.74. The van der Waals surface area contributed by atoms with Crippen LogP contribution in [0.4, 0.5) is 0 Å². The minimum atomic E-state index is 0.311. The van der Waals surface area contributed by atoms with E-state index in [-0.39, 0.29) is 0 Å². The fraction of sp³-hybridized carbons (Fsp3) is 0.588. The highest BCUT2D eigenvalue weighted by molar-refractivity contribution is 7.99. The Hall–Kier alpha value is -0.960. The number of piperidine rings is 1. The van der Waals surface area contributed by atoms with Crippen molar-refractivity contribution in [3.05, 3.63) is 34.9 Å². The summed E-state index contributed by atoms with van der Waals surface area (Å²) in [5.41, 5.74) is 3.93. The molecule has 0 atom stereocenters. The van der Waals surface area contributed by atoms with Crippen LogP contribution in [0.5, 0.6) is 0 Å². The van der Waals surface area contributed by atoms with Crippen LogP contribution in [0.2, 0.25) is 0 Å². The molecule has 0 spiro atoms. The van der Waals surface area contributed by atoms with Gasteiger partial charge in [0.15, 0.2) is 0 Å². The highest BCUT2D eigenvalue weighted by atomic mass is 32.2. The molecule has 0 aliphatic carbocycles. The summed E-state index contributed by atoms with van der Waals surface area (Å²) in [4.78, 5) is 14.2. The Bertz CT molecular complexity index is 444. The Morgan fingerprint density at radius 3 is 2.40 bits per heavy atom. The van der Waals surface area contributed by atoms with E-state index >= 15 is 0 Å². The molecule has 1 amide bonds. The van der Waals surface area contributed by atoms with Gasteiger partial charge in [0.25, 0.3) is 0 Å². The van der Waals surface area contributed by atoms with Gasteiger partial charge < -0.3 is 4.90 Å². The zero-order valence-electron chi connectivity index (χ0n) is 12.8. The molecule has 1 aromatic rings. The molecular weight excluding hydrogens is 266 g/mol. The topological polar surface area (TPSA) is 20.3 Å². The Morgan fingerprint density at radius 2 is 1.80 bits per heavy atom. The molecule has 0 aromatic heterocycles. The third-order valence-electron chi connectivity index (χ3n) is 3.91. The first-order valence-electron chi connectivity index (χ1n) is 7.47. The number of rotatable bonds is 4. The van der Waals surface area contributed by atoms with E-state index in [1.807, 2.05) is 4.90 Å². The molecule has 110 valence electrons. The standard InChI is InChI=1S/C17H25NOS/c1-13-4-6-18(7-5-13)17(19)12-20-11-16-9-14(2)8-15(3)10-16/h8-10,13H,4-7,11-12H2,1-3H3. The van der Waals surface area contributed by atoms with Crippen molar-refractivity contribution in [1.29, 1.82) is 0 Å². The average Bonchev–Trinajstić information content (AvgIpc) is 2.38. The Kier molecular flexibility index (Phi) is 5.53. The normalized spacial score (nSPS) is 16.4. The van der Waals surface area contributed by atoms with E-state index in [2.05, 4.69) is 39.0 Å². The number of aryl methyl sites for hydroxylation is 2. The van der Waals surface area contributed by atoms with Crippen molar-refractivity contribution >= 4 is 17.7 Å². The summed E-state index contributed by atoms with van der Waals surface area (Å²) in [5.74, 6) is 2.63. The fourth-order valence-corrected chi connectivity index (χ4v) is 3.62. The minimum absolute atomic E-state index is 0.311. The largest absolute Gasteiger partial charge is 0.342 e. The monoisotopic (exact) mass is 291 g/mol. The predicted molar refractivity (Wildman–Crippen MR) is 87.1 cm³/mol. The van der Waals surface area contributed by atoms with Gasteiger partial charge in [-0.05, 0) is 38.2 Å². The second-order valence-electron chi connectivity index (χ2n) is 6.05. The van der Waals surface area contributed by atoms with E-state index in [1.165, 1.54) is 16.7 Å². The first kappa shape index (κ1) is 15.4. The third kappa shape index (κ3) is 4.55. The highest BCUT2D eigenvalue weighted by Gasteiger charge is 2.19. The molecule has 0 N–H and O–H groups in total. The molecule has 0 bridgehead atoms. The van der Waals surface area contributed by atoms with Crippen molar-refractivity contribution in [3.63, 3.8) is 0 Å². The summed E-state index contributed by atoms with van der Waals surface area (Å²) in [6, 6.07) is 6.62. The van der Waals surface area contributed by atoms with Crippen molar-refractivity contribution in [3.8, 4) is 0 Å². The smallest absolute Gasteiger partial charge is 0.232 e. The van der Waals surface area contributed by atoms with Gasteiger partial charge in [0, 0.05) is 18.8 Å². The van der Waals surface area contributed by atoms with E-state index < -0.39 is 0 Å². The molecule has 3 heteroatoms. The summed E-state index contributed by atoms with van der Waals surface area (Å²) in [6.07, 6.45) is 2.32. The predicted octanol–water partition coefficient (Wildman–Crippen LogP) is 3.80. The van der Waals surface area contributed by atoms with Gasteiger partial charge in [0.1, 0.15) is 0 Å². The van der Waals surface area contributed by atoms with E-state index in [1.54, 1.807) is 11.8 Å². The van der Waals surface area contributed by atoms with Crippen molar-refractivity contribution in [2.75, 3.05) is 18.8 Å². The summed E-state index contributed by atoms with van der Waals surface area (Å²) in [7, 11) is 0. The van der Waals surface area contributed by atoms with Crippen LogP contribution in [0, 0.1) is 19.8 Å². The lowest BCUT2D eigenvalue weighted by atomic mass is 9.99. The van der Waals surface area contributed by atoms with Gasteiger partial charge in [-0.1, -0.05) is 36.2 Å². The molecule has 0 unspecified atom stereocenters. The molecule has 2 nitrogen and oxygen atoms in total. The first-order valence-corrected chi connectivity index (χ1v) is 8.63. The molecule has 20 heavy (non-hydrogen) atoms. The van der Waals surface area contributed by atoms with Crippen molar-refractivity contribution < 1.29 is 4.79 Å². The highest BCUT2D eigenvalue weighted by Crippen LogP contribution is 2.19. The SMILES string of the molecule is Cc1cc(C)cc(CSCC(=O)N2CCC(C)CC2)c1. The third-order valence-corrected chi connectivity index (χ3v) is 4.90. The zero-order chi connectivity index (χ0) is 14.5. The van der Waals surface area contributed by atoms with Crippen LogP contribution in [0.1, 0.15) is 36.5 Å². The molecule has 0 radical (unpaired) electrons. The number of likely N-dealkylation sites (tertiary alicyclic amines) is 1. The number of benzene rings is 1. The number of carbonyl (C=O) groups is 1. The average molecular weight is 291 g/mol. The van der Waals surface area contributed by atoms with Crippen LogP contribution in [0.25, 0.3) is 0 Å². The number of carbonyl (C=O) groups excluding carboxylic acids is 1. The molecule has 0 saturated carbocycles. The van der Waals surface area contributed by atoms with E-state index in [0.717, 1.165) is 37.6 Å². The van der Waals surface area contributed by atoms with Gasteiger partial charge in [-0.3, -0.25) is 4.79 Å². The number of hydrogen-bond acceptors (Lipinski definition) is 2. The van der Waals surface area contributed by atoms with Crippen molar-refractivity contribution in [1.82, 2.24) is 4.90 Å². The number of nitrogens with zero attached hydrogens (tertiary/aromatic N) is 1. The molecule has 2 rings (SSSR count). The van der Waals surface area contributed by atoms with Crippen LogP contribution in [-0.2, 0) is 10.5 Å². The van der Waals surface area contributed by atoms with Crippen LogP contribution in [0.15, 0.2) is 18.2 Å². The molecule has 1 aliphatic heterocycles. The van der Waals surface area contributed by atoms with Crippen LogP contribution >= 0.6 is 11.8 Å². The second kappa shape index (κ2) is 7.16.